The second-order valence-electron chi connectivity index (χ2n) is 7.11. The van der Waals surface area contributed by atoms with Gasteiger partial charge in [0, 0.05) is 32.2 Å². The molecule has 1 aliphatic carbocycles. The van der Waals surface area contributed by atoms with Crippen LogP contribution in [-0.4, -0.2) is 58.5 Å². The highest BCUT2D eigenvalue weighted by Gasteiger charge is 2.26. The van der Waals surface area contributed by atoms with Gasteiger partial charge in [-0.1, -0.05) is 0 Å². The highest BCUT2D eigenvalue weighted by atomic mass is 35.5. The van der Waals surface area contributed by atoms with Gasteiger partial charge in [-0.25, -0.2) is 9.67 Å². The van der Waals surface area contributed by atoms with Crippen LogP contribution in [0.2, 0.25) is 0 Å². The van der Waals surface area contributed by atoms with Crippen LogP contribution < -0.4 is 10.1 Å². The van der Waals surface area contributed by atoms with Crippen molar-refractivity contribution in [2.24, 2.45) is 5.92 Å². The lowest BCUT2D eigenvalue weighted by Gasteiger charge is -2.39. The first-order valence-corrected chi connectivity index (χ1v) is 9.41. The smallest absolute Gasteiger partial charge is 0.138 e. The Hall–Kier alpha value is -1.34. The third kappa shape index (κ3) is 5.82. The van der Waals surface area contributed by atoms with Crippen molar-refractivity contribution in [3.63, 3.8) is 0 Å². The molecule has 1 N–H and O–H groups in total. The van der Waals surface area contributed by atoms with Crippen molar-refractivity contribution in [2.45, 2.75) is 31.7 Å². The van der Waals surface area contributed by atoms with Gasteiger partial charge in [0.1, 0.15) is 18.4 Å². The zero-order valence-corrected chi connectivity index (χ0v) is 17.1. The van der Waals surface area contributed by atoms with Crippen LogP contribution in [0.1, 0.15) is 25.7 Å². The van der Waals surface area contributed by atoms with Gasteiger partial charge in [-0.2, -0.15) is 5.10 Å². The molecule has 0 atom stereocenters. The van der Waals surface area contributed by atoms with Crippen molar-refractivity contribution in [1.82, 2.24) is 25.0 Å². The summed E-state index contributed by atoms with van der Waals surface area (Å²) >= 11 is 0. The van der Waals surface area contributed by atoms with E-state index in [1.807, 2.05) is 24.3 Å². The highest BCUT2D eigenvalue weighted by Crippen LogP contribution is 2.28. The second-order valence-corrected chi connectivity index (χ2v) is 7.11. The van der Waals surface area contributed by atoms with Gasteiger partial charge in [-0.15, -0.1) is 24.8 Å². The molecule has 4 rings (SSSR count). The number of rotatable bonds is 5. The fourth-order valence-electron chi connectivity index (χ4n) is 3.97. The maximum absolute atomic E-state index is 6.03. The molecule has 150 valence electrons. The minimum Gasteiger partial charge on any atom is -0.493 e. The summed E-state index contributed by atoms with van der Waals surface area (Å²) in [6, 6.07) is 8.86. The molecule has 1 aromatic carbocycles. The van der Waals surface area contributed by atoms with Crippen LogP contribution in [0.25, 0.3) is 5.69 Å². The maximum atomic E-state index is 6.03. The minimum atomic E-state index is 0. The SMILES string of the molecule is Cl.Cl.c1ncn(-c2ccc(OCC3CCC(N4CCNCC4)CC3)cc2)n1. The quantitative estimate of drug-likeness (QED) is 0.816. The Kier molecular flexibility index (Phi) is 8.83. The minimum absolute atomic E-state index is 0. The van der Waals surface area contributed by atoms with E-state index in [1.54, 1.807) is 17.3 Å². The van der Waals surface area contributed by atoms with E-state index in [2.05, 4.69) is 20.3 Å². The standard InChI is InChI=1S/C19H27N5O.2ClH/c1-3-17(23-11-9-20-10-12-23)4-2-16(1)13-25-19-7-5-18(6-8-19)24-15-21-14-22-24;;/h5-8,14-17,20H,1-4,9-13H2;2*1H. The zero-order valence-electron chi connectivity index (χ0n) is 15.5. The first-order valence-electron chi connectivity index (χ1n) is 9.41. The Morgan fingerprint density at radius 1 is 1.00 bits per heavy atom. The van der Waals surface area contributed by atoms with E-state index in [-0.39, 0.29) is 24.8 Å². The van der Waals surface area contributed by atoms with Crippen LogP contribution in [0.4, 0.5) is 0 Å². The predicted molar refractivity (Wildman–Crippen MR) is 112 cm³/mol. The van der Waals surface area contributed by atoms with Crippen LogP contribution in [-0.2, 0) is 0 Å². The topological polar surface area (TPSA) is 55.2 Å². The number of piperazine rings is 1. The van der Waals surface area contributed by atoms with Crippen LogP contribution in [0, 0.1) is 5.92 Å². The van der Waals surface area contributed by atoms with Gasteiger partial charge >= 0.3 is 0 Å². The van der Waals surface area contributed by atoms with Crippen LogP contribution in [0.3, 0.4) is 0 Å². The zero-order chi connectivity index (χ0) is 16.9. The summed E-state index contributed by atoms with van der Waals surface area (Å²) in [5.74, 6) is 1.63. The normalized spacial score (nSPS) is 23.1. The number of hydrogen-bond acceptors (Lipinski definition) is 5. The van der Waals surface area contributed by atoms with E-state index in [1.165, 1.54) is 38.8 Å². The third-order valence-electron chi connectivity index (χ3n) is 5.49. The van der Waals surface area contributed by atoms with Gasteiger partial charge < -0.3 is 10.1 Å². The Morgan fingerprint density at radius 3 is 2.33 bits per heavy atom. The van der Waals surface area contributed by atoms with E-state index >= 15 is 0 Å². The molecule has 1 aliphatic heterocycles. The molecule has 6 nitrogen and oxygen atoms in total. The van der Waals surface area contributed by atoms with E-state index in [4.69, 9.17) is 4.74 Å². The lowest BCUT2D eigenvalue weighted by molar-refractivity contribution is 0.106. The molecule has 27 heavy (non-hydrogen) atoms. The average molecular weight is 414 g/mol. The van der Waals surface area contributed by atoms with Crippen molar-refractivity contribution >= 4 is 24.8 Å². The number of nitrogens with one attached hydrogen (secondary N) is 1. The number of ether oxygens (including phenoxy) is 1. The van der Waals surface area contributed by atoms with Crippen LogP contribution >= 0.6 is 24.8 Å². The number of aromatic nitrogens is 3. The summed E-state index contributed by atoms with van der Waals surface area (Å²) in [6.45, 7) is 5.55. The summed E-state index contributed by atoms with van der Waals surface area (Å²) < 4.78 is 7.78. The predicted octanol–water partition coefficient (Wildman–Crippen LogP) is 2.95. The van der Waals surface area contributed by atoms with Crippen molar-refractivity contribution in [1.29, 1.82) is 0 Å². The second kappa shape index (κ2) is 10.9. The molecular formula is C19H29Cl2N5O. The molecular weight excluding hydrogens is 385 g/mol. The Labute approximate surface area is 173 Å². The fourth-order valence-corrected chi connectivity index (χ4v) is 3.97. The molecule has 1 saturated carbocycles. The van der Waals surface area contributed by atoms with Crippen LogP contribution in [0.15, 0.2) is 36.9 Å². The third-order valence-corrected chi connectivity index (χ3v) is 5.49. The maximum Gasteiger partial charge on any atom is 0.138 e. The number of hydrogen-bond donors (Lipinski definition) is 1. The van der Waals surface area contributed by atoms with Crippen molar-refractivity contribution < 1.29 is 4.74 Å². The molecule has 2 aliphatic rings. The van der Waals surface area contributed by atoms with Gasteiger partial charge in [0.2, 0.25) is 0 Å². The summed E-state index contributed by atoms with van der Waals surface area (Å²) in [4.78, 5) is 6.65. The van der Waals surface area contributed by atoms with Crippen LogP contribution in [0.5, 0.6) is 5.75 Å². The van der Waals surface area contributed by atoms with Gasteiger partial charge in [0.05, 0.1) is 12.3 Å². The first kappa shape index (κ1) is 22.0. The van der Waals surface area contributed by atoms with Gasteiger partial charge in [0.15, 0.2) is 0 Å². The van der Waals surface area contributed by atoms with E-state index < -0.39 is 0 Å². The molecule has 0 spiro atoms. The van der Waals surface area contributed by atoms with E-state index in [0.717, 1.165) is 37.2 Å². The fraction of sp³-hybridized carbons (Fsp3) is 0.579. The molecule has 1 saturated heterocycles. The first-order chi connectivity index (χ1) is 12.4. The van der Waals surface area contributed by atoms with Crippen molar-refractivity contribution in [3.05, 3.63) is 36.9 Å². The molecule has 0 amide bonds. The average Bonchev–Trinajstić information content (AvgIpc) is 3.23. The molecule has 8 heteroatoms. The molecule has 0 bridgehead atoms. The Balaban J connectivity index is 0.00000131. The van der Waals surface area contributed by atoms with Gasteiger partial charge in [-0.3, -0.25) is 4.90 Å². The highest BCUT2D eigenvalue weighted by molar-refractivity contribution is 5.85. The molecule has 1 aromatic heterocycles. The Bertz CT molecular complexity index is 639. The Morgan fingerprint density at radius 2 is 1.70 bits per heavy atom. The van der Waals surface area contributed by atoms with E-state index in [9.17, 15) is 0 Å². The summed E-state index contributed by atoms with van der Waals surface area (Å²) in [5.41, 5.74) is 1.00. The monoisotopic (exact) mass is 413 g/mol. The molecule has 0 radical (unpaired) electrons. The summed E-state index contributed by atoms with van der Waals surface area (Å²) in [6.07, 6.45) is 8.45. The largest absolute Gasteiger partial charge is 0.493 e. The lowest BCUT2D eigenvalue weighted by atomic mass is 9.85. The lowest BCUT2D eigenvalue weighted by Crippen LogP contribution is -2.49. The molecule has 0 unspecified atom stereocenters. The number of halogens is 2. The van der Waals surface area contributed by atoms with Gasteiger partial charge in [-0.05, 0) is 55.9 Å². The van der Waals surface area contributed by atoms with Crippen molar-refractivity contribution in [3.8, 4) is 11.4 Å². The number of nitrogens with zero attached hydrogens (tertiary/aromatic N) is 4. The number of benzene rings is 1. The molecule has 2 aromatic rings. The summed E-state index contributed by atoms with van der Waals surface area (Å²) in [7, 11) is 0. The molecule has 2 fully saturated rings. The van der Waals surface area contributed by atoms with E-state index in [0.29, 0.717) is 5.92 Å². The summed E-state index contributed by atoms with van der Waals surface area (Å²) in [5, 5.41) is 7.58. The van der Waals surface area contributed by atoms with Crippen molar-refractivity contribution in [2.75, 3.05) is 32.8 Å². The molecule has 2 heterocycles. The van der Waals surface area contributed by atoms with Gasteiger partial charge in [0.25, 0.3) is 0 Å².